The summed E-state index contributed by atoms with van der Waals surface area (Å²) in [6.45, 7) is 30.6. The van der Waals surface area contributed by atoms with Crippen molar-refractivity contribution in [1.82, 2.24) is 10.2 Å². The van der Waals surface area contributed by atoms with E-state index in [0.29, 0.717) is 24.3 Å². The Kier molecular flexibility index (Phi) is 21.1. The molecule has 1 aliphatic rings. The molecule has 1 heterocycles. The molecule has 2 aromatic rings. The average Bonchev–Trinajstić information content (AvgIpc) is 3.88. The highest BCUT2D eigenvalue weighted by atomic mass is 32.2. The normalized spacial score (nSPS) is 14.4. The van der Waals surface area contributed by atoms with Crippen molar-refractivity contribution < 1.29 is 41.8 Å². The first-order valence-corrected chi connectivity index (χ1v) is 19.9. The Hall–Kier alpha value is -3.00. The van der Waals surface area contributed by atoms with E-state index in [2.05, 4.69) is 67.7 Å². The summed E-state index contributed by atoms with van der Waals surface area (Å²) in [6, 6.07) is 15.9. The Morgan fingerprint density at radius 3 is 1.45 bits per heavy atom. The van der Waals surface area contributed by atoms with Crippen molar-refractivity contribution in [3.63, 3.8) is 0 Å². The van der Waals surface area contributed by atoms with Crippen LogP contribution in [-0.2, 0) is 29.2 Å². The topological polar surface area (TPSA) is 144 Å². The van der Waals surface area contributed by atoms with Crippen LogP contribution in [0.4, 0.5) is 0 Å². The fraction of sp³-hybridized carbons (Fsp3) is 0.634. The van der Waals surface area contributed by atoms with E-state index in [1.165, 1.54) is 24.7 Å². The summed E-state index contributed by atoms with van der Waals surface area (Å²) < 4.78 is 41.6. The van der Waals surface area contributed by atoms with Crippen molar-refractivity contribution in [2.75, 3.05) is 46.3 Å². The molecular formula is C41H70N2O9S. The van der Waals surface area contributed by atoms with Crippen molar-refractivity contribution in [2.24, 2.45) is 0 Å². The van der Waals surface area contributed by atoms with Gasteiger partial charge < -0.3 is 29.7 Å². The number of nitrogens with one attached hydrogen (secondary N) is 1. The maximum Gasteiger partial charge on any atom is 0.264 e. The molecule has 2 unspecified atom stereocenters. The van der Waals surface area contributed by atoms with Gasteiger partial charge in [0, 0.05) is 36.7 Å². The van der Waals surface area contributed by atoms with E-state index in [4.69, 9.17) is 14.2 Å². The standard InChI is InChI=1S/C23H32O5.C7H13NO.C6H13N.C5H12O3S/c1-5-19(24)15-27-21-10-6-17(7-11-21)23(2,3)18-8-12-22(13-9-18)28-16-20(25)14-26-4;1-5-6(9)8-7(2,3)4;1-6(2,3)7-4-5-7;1-5(2,3)8-9(4,6)7/h6-13,19-20,24-25H,5,14-16H2,1-4H3;5H,1H2,2-4H3,(H,8,9);4-5H2,1-3H3;1-4H3. The molecule has 304 valence electrons. The summed E-state index contributed by atoms with van der Waals surface area (Å²) in [5, 5.41) is 22.0. The van der Waals surface area contributed by atoms with E-state index in [1.807, 2.05) is 64.1 Å². The highest BCUT2D eigenvalue weighted by Gasteiger charge is 2.29. The maximum atomic E-state index is 10.6. The number of rotatable bonds is 13. The minimum atomic E-state index is -3.28. The number of carbonyl (C=O) groups is 1. The third-order valence-corrected chi connectivity index (χ3v) is 8.15. The number of methoxy groups -OCH3 is 1. The van der Waals surface area contributed by atoms with E-state index in [-0.39, 0.29) is 30.1 Å². The van der Waals surface area contributed by atoms with Crippen LogP contribution in [0.1, 0.15) is 101 Å². The van der Waals surface area contributed by atoms with Gasteiger partial charge in [0.05, 0.1) is 24.6 Å². The molecule has 0 bridgehead atoms. The molecule has 1 amide bonds. The Labute approximate surface area is 321 Å². The molecule has 1 fully saturated rings. The summed E-state index contributed by atoms with van der Waals surface area (Å²) in [4.78, 5) is 13.0. The van der Waals surface area contributed by atoms with Crippen LogP contribution in [0.25, 0.3) is 0 Å². The van der Waals surface area contributed by atoms with Crippen LogP contribution in [0.3, 0.4) is 0 Å². The lowest BCUT2D eigenvalue weighted by Crippen LogP contribution is -2.39. The van der Waals surface area contributed by atoms with Crippen molar-refractivity contribution >= 4 is 16.0 Å². The minimum absolute atomic E-state index is 0.123. The Balaban J connectivity index is 0.000000871. The Morgan fingerprint density at radius 1 is 0.811 bits per heavy atom. The molecule has 1 aliphatic heterocycles. The predicted octanol–water partition coefficient (Wildman–Crippen LogP) is 6.50. The summed E-state index contributed by atoms with van der Waals surface area (Å²) in [5.41, 5.74) is 1.83. The van der Waals surface area contributed by atoms with Gasteiger partial charge in [0.1, 0.15) is 30.8 Å². The molecule has 12 heteroatoms. The third-order valence-electron chi connectivity index (χ3n) is 7.35. The number of carbonyl (C=O) groups excluding carboxylic acids is 1. The lowest BCUT2D eigenvalue weighted by atomic mass is 9.78. The van der Waals surface area contributed by atoms with E-state index >= 15 is 0 Å². The maximum absolute atomic E-state index is 10.6. The lowest BCUT2D eigenvalue weighted by Gasteiger charge is -2.26. The zero-order chi connectivity index (χ0) is 41.3. The quantitative estimate of drug-likeness (QED) is 0.118. The van der Waals surface area contributed by atoms with Gasteiger partial charge in [-0.3, -0.25) is 13.9 Å². The van der Waals surface area contributed by atoms with Gasteiger partial charge in [-0.05, 0) is 110 Å². The van der Waals surface area contributed by atoms with Gasteiger partial charge in [-0.25, -0.2) is 0 Å². The minimum Gasteiger partial charge on any atom is -0.491 e. The molecule has 0 saturated carbocycles. The fourth-order valence-corrected chi connectivity index (χ4v) is 5.35. The van der Waals surface area contributed by atoms with Crippen molar-refractivity contribution in [3.8, 4) is 11.5 Å². The molecule has 0 aromatic heterocycles. The fourth-order valence-electron chi connectivity index (χ4n) is 4.44. The van der Waals surface area contributed by atoms with Gasteiger partial charge in [0.25, 0.3) is 10.1 Å². The zero-order valence-corrected chi connectivity index (χ0v) is 35.7. The van der Waals surface area contributed by atoms with Gasteiger partial charge in [-0.1, -0.05) is 51.6 Å². The molecule has 0 aliphatic carbocycles. The molecule has 11 nitrogen and oxygen atoms in total. The molecular weight excluding hydrogens is 697 g/mol. The molecule has 2 atom stereocenters. The van der Waals surface area contributed by atoms with Crippen LogP contribution in [0.5, 0.6) is 11.5 Å². The largest absolute Gasteiger partial charge is 0.491 e. The van der Waals surface area contributed by atoms with Crippen LogP contribution in [0, 0.1) is 0 Å². The number of ether oxygens (including phenoxy) is 3. The summed E-state index contributed by atoms with van der Waals surface area (Å²) in [7, 11) is -1.73. The average molecular weight is 767 g/mol. The molecule has 53 heavy (non-hydrogen) atoms. The van der Waals surface area contributed by atoms with Gasteiger partial charge >= 0.3 is 0 Å². The number of hydrogen-bond donors (Lipinski definition) is 3. The number of hydrogen-bond acceptors (Lipinski definition) is 10. The van der Waals surface area contributed by atoms with E-state index in [0.717, 1.165) is 17.6 Å². The number of nitrogens with zero attached hydrogens (tertiary/aromatic N) is 1. The SMILES string of the molecule is C=CC(=O)NC(C)(C)C.CC(C)(C)N1CC1.CC(C)(C)OS(C)(=O)=O.CCC(O)COc1ccc(C(C)(C)c2ccc(OCC(O)COC)cc2)cc1. The Bertz CT molecular complexity index is 1430. The van der Waals surface area contributed by atoms with Crippen LogP contribution >= 0.6 is 0 Å². The first-order valence-electron chi connectivity index (χ1n) is 18.1. The zero-order valence-electron chi connectivity index (χ0n) is 34.9. The van der Waals surface area contributed by atoms with Crippen LogP contribution in [0.15, 0.2) is 61.2 Å². The number of aliphatic hydroxyl groups excluding tert-OH is 2. The van der Waals surface area contributed by atoms with Crippen LogP contribution in [-0.4, -0.2) is 105 Å². The van der Waals surface area contributed by atoms with Crippen molar-refractivity contribution in [3.05, 3.63) is 72.3 Å². The molecule has 1 saturated heterocycles. The second-order valence-corrected chi connectivity index (χ2v) is 18.0. The second-order valence-electron chi connectivity index (χ2n) is 16.5. The number of benzene rings is 2. The first kappa shape index (κ1) is 50.0. The smallest absolute Gasteiger partial charge is 0.264 e. The molecule has 2 aromatic carbocycles. The lowest BCUT2D eigenvalue weighted by molar-refractivity contribution is -0.117. The van der Waals surface area contributed by atoms with E-state index in [1.54, 1.807) is 27.9 Å². The van der Waals surface area contributed by atoms with Gasteiger partial charge in [-0.15, -0.1) is 0 Å². The van der Waals surface area contributed by atoms with E-state index < -0.39 is 27.9 Å². The summed E-state index contributed by atoms with van der Waals surface area (Å²) >= 11 is 0. The highest BCUT2D eigenvalue weighted by molar-refractivity contribution is 7.86. The molecule has 0 radical (unpaired) electrons. The van der Waals surface area contributed by atoms with Crippen molar-refractivity contribution in [1.29, 1.82) is 0 Å². The number of aliphatic hydroxyl groups is 2. The van der Waals surface area contributed by atoms with E-state index in [9.17, 15) is 23.4 Å². The highest BCUT2D eigenvalue weighted by Crippen LogP contribution is 2.33. The monoisotopic (exact) mass is 766 g/mol. The van der Waals surface area contributed by atoms with Gasteiger partial charge in [-0.2, -0.15) is 8.42 Å². The summed E-state index contributed by atoms with van der Waals surface area (Å²) in [6.07, 6.45) is 1.91. The molecule has 3 rings (SSSR count). The van der Waals surface area contributed by atoms with Crippen LogP contribution < -0.4 is 14.8 Å². The summed E-state index contributed by atoms with van der Waals surface area (Å²) in [5.74, 6) is 1.35. The predicted molar refractivity (Wildman–Crippen MR) is 215 cm³/mol. The Morgan fingerprint density at radius 2 is 1.23 bits per heavy atom. The van der Waals surface area contributed by atoms with Crippen LogP contribution in [0.2, 0.25) is 0 Å². The van der Waals surface area contributed by atoms with Gasteiger partial charge in [0.15, 0.2) is 0 Å². The number of amides is 1. The first-order chi connectivity index (χ1) is 24.1. The second kappa shape index (κ2) is 22.4. The molecule has 3 N–H and O–H groups in total. The van der Waals surface area contributed by atoms with Gasteiger partial charge in [0.2, 0.25) is 5.91 Å². The van der Waals surface area contributed by atoms with Crippen molar-refractivity contribution in [2.45, 2.75) is 124 Å². The molecule has 0 spiro atoms. The third kappa shape index (κ3) is 24.8.